The topological polar surface area (TPSA) is 27.7 Å². The molecule has 0 bridgehead atoms. The van der Waals surface area contributed by atoms with E-state index < -0.39 is 23.3 Å². The molecular formula is C38H48F3N3O. The fourth-order valence-corrected chi connectivity index (χ4v) is 7.97. The van der Waals surface area contributed by atoms with Gasteiger partial charge in [0, 0.05) is 37.4 Å². The molecule has 3 aromatic rings. The summed E-state index contributed by atoms with van der Waals surface area (Å²) in [7, 11) is 0. The second kappa shape index (κ2) is 13.8. The van der Waals surface area contributed by atoms with Gasteiger partial charge in [-0.2, -0.15) is 0 Å². The van der Waals surface area contributed by atoms with Crippen molar-refractivity contribution in [2.45, 2.75) is 83.5 Å². The number of alkyl halides is 1. The molecule has 2 fully saturated rings. The van der Waals surface area contributed by atoms with Crippen LogP contribution in [0.4, 0.5) is 18.9 Å². The van der Waals surface area contributed by atoms with Crippen molar-refractivity contribution in [3.63, 3.8) is 0 Å². The van der Waals surface area contributed by atoms with E-state index in [2.05, 4.69) is 10.2 Å². The van der Waals surface area contributed by atoms with E-state index in [4.69, 9.17) is 4.74 Å². The van der Waals surface area contributed by atoms with Gasteiger partial charge in [0.2, 0.25) is 0 Å². The highest BCUT2D eigenvalue weighted by Crippen LogP contribution is 2.43. The quantitative estimate of drug-likeness (QED) is 0.288. The highest BCUT2D eigenvalue weighted by molar-refractivity contribution is 5.52. The first-order valence-corrected chi connectivity index (χ1v) is 16.9. The van der Waals surface area contributed by atoms with E-state index in [0.717, 1.165) is 68.6 Å². The smallest absolute Gasteiger partial charge is 0.133 e. The third-order valence-electron chi connectivity index (χ3n) is 10.1. The summed E-state index contributed by atoms with van der Waals surface area (Å²) in [6.07, 6.45) is 8.75. The third kappa shape index (κ3) is 7.69. The zero-order chi connectivity index (χ0) is 31.4. The van der Waals surface area contributed by atoms with Crippen LogP contribution in [0.5, 0.6) is 5.75 Å². The van der Waals surface area contributed by atoms with E-state index in [1.807, 2.05) is 53.4 Å². The lowest BCUT2D eigenvalue weighted by atomic mass is 9.72. The van der Waals surface area contributed by atoms with E-state index in [1.165, 1.54) is 45.2 Å². The summed E-state index contributed by atoms with van der Waals surface area (Å²) >= 11 is 0. The van der Waals surface area contributed by atoms with Crippen molar-refractivity contribution < 1.29 is 17.9 Å². The third-order valence-corrected chi connectivity index (χ3v) is 10.1. The van der Waals surface area contributed by atoms with Gasteiger partial charge in [0.25, 0.3) is 0 Å². The summed E-state index contributed by atoms with van der Waals surface area (Å²) in [5, 5.41) is 3.55. The number of nitrogens with zero attached hydrogens (tertiary/aromatic N) is 2. The fraction of sp³-hybridized carbons (Fsp3) is 0.526. The number of hydrogen-bond donors (Lipinski definition) is 1. The zero-order valence-electron chi connectivity index (χ0n) is 26.9. The normalized spacial score (nSPS) is 21.1. The maximum Gasteiger partial charge on any atom is 0.133 e. The van der Waals surface area contributed by atoms with Crippen LogP contribution in [0.1, 0.15) is 87.1 Å². The van der Waals surface area contributed by atoms with Crippen molar-refractivity contribution in [2.24, 2.45) is 5.41 Å². The van der Waals surface area contributed by atoms with Crippen molar-refractivity contribution in [2.75, 3.05) is 44.2 Å². The molecule has 3 aliphatic heterocycles. The standard InChI is InChI=1S/C38H48F3N3O/c1-37(2,41)27-44-22-13-29-23-31(45-26-28-9-4-3-5-10-28)11-12-32(29)36(44)35-33(39)24-30(25-34(35)40)43-20-7-15-38(16-8-21-43)14-6-18-42-19-17-38/h3-5,9-12,23-25,36,42H,6-8,13-22,26-27H2,1-2H3. The number of benzene rings is 3. The van der Waals surface area contributed by atoms with Crippen LogP contribution in [-0.4, -0.2) is 49.8 Å². The minimum atomic E-state index is -1.52. The largest absolute Gasteiger partial charge is 0.489 e. The lowest BCUT2D eigenvalue weighted by Crippen LogP contribution is -2.43. The minimum absolute atomic E-state index is 0.00106. The van der Waals surface area contributed by atoms with E-state index in [9.17, 15) is 0 Å². The number of halogens is 3. The van der Waals surface area contributed by atoms with Gasteiger partial charge >= 0.3 is 0 Å². The predicted octanol–water partition coefficient (Wildman–Crippen LogP) is 8.38. The van der Waals surface area contributed by atoms with Crippen LogP contribution in [-0.2, 0) is 13.0 Å². The van der Waals surface area contributed by atoms with Gasteiger partial charge in [-0.15, -0.1) is 0 Å². The molecule has 0 aliphatic carbocycles. The second-order valence-corrected chi connectivity index (χ2v) is 14.1. The molecule has 45 heavy (non-hydrogen) atoms. The predicted molar refractivity (Wildman–Crippen MR) is 176 cm³/mol. The van der Waals surface area contributed by atoms with Gasteiger partial charge in [-0.3, -0.25) is 4.90 Å². The lowest BCUT2D eigenvalue weighted by molar-refractivity contribution is 0.0972. The van der Waals surface area contributed by atoms with Gasteiger partial charge in [0.15, 0.2) is 0 Å². The molecule has 0 aromatic heterocycles. The molecule has 0 radical (unpaired) electrons. The molecule has 1 N–H and O–H groups in total. The number of hydrogen-bond acceptors (Lipinski definition) is 4. The Morgan fingerprint density at radius 3 is 2.29 bits per heavy atom. The summed E-state index contributed by atoms with van der Waals surface area (Å²) in [6, 6.07) is 18.0. The lowest BCUT2D eigenvalue weighted by Gasteiger charge is -2.40. The van der Waals surface area contributed by atoms with Crippen molar-refractivity contribution in [3.05, 3.63) is 94.6 Å². The number of rotatable bonds is 7. The van der Waals surface area contributed by atoms with Crippen LogP contribution in [0.2, 0.25) is 0 Å². The summed E-state index contributed by atoms with van der Waals surface area (Å²) < 4.78 is 53.6. The Bertz CT molecular complexity index is 1400. The number of fused-ring (bicyclic) bond motifs is 1. The van der Waals surface area contributed by atoms with Gasteiger partial charge in [-0.25, -0.2) is 13.2 Å². The molecule has 242 valence electrons. The van der Waals surface area contributed by atoms with Gasteiger partial charge in [-0.05, 0) is 125 Å². The fourth-order valence-electron chi connectivity index (χ4n) is 7.97. The Balaban J connectivity index is 1.25. The highest BCUT2D eigenvalue weighted by Gasteiger charge is 2.37. The molecule has 7 heteroatoms. The van der Waals surface area contributed by atoms with Gasteiger partial charge < -0.3 is 15.0 Å². The molecule has 3 heterocycles. The first-order valence-electron chi connectivity index (χ1n) is 16.9. The van der Waals surface area contributed by atoms with Gasteiger partial charge in [0.05, 0.1) is 6.04 Å². The second-order valence-electron chi connectivity index (χ2n) is 14.1. The van der Waals surface area contributed by atoms with Crippen molar-refractivity contribution in [1.82, 2.24) is 10.2 Å². The van der Waals surface area contributed by atoms with Crippen LogP contribution < -0.4 is 15.0 Å². The summed E-state index contributed by atoms with van der Waals surface area (Å²) in [6.45, 7) is 7.84. The molecular weight excluding hydrogens is 571 g/mol. The van der Waals surface area contributed by atoms with Gasteiger partial charge in [0.1, 0.15) is 29.7 Å². The Labute approximate surface area is 267 Å². The summed E-state index contributed by atoms with van der Waals surface area (Å²) in [5.41, 5.74) is 2.34. The van der Waals surface area contributed by atoms with E-state index >= 15 is 13.2 Å². The molecule has 1 unspecified atom stereocenters. The van der Waals surface area contributed by atoms with Crippen LogP contribution in [0.25, 0.3) is 0 Å². The van der Waals surface area contributed by atoms with Crippen molar-refractivity contribution in [3.8, 4) is 5.75 Å². The molecule has 1 spiro atoms. The Kier molecular flexibility index (Phi) is 9.76. The highest BCUT2D eigenvalue weighted by atomic mass is 19.1. The van der Waals surface area contributed by atoms with Crippen molar-refractivity contribution >= 4 is 5.69 Å². The average Bonchev–Trinajstić information content (AvgIpc) is 3.24. The van der Waals surface area contributed by atoms with Crippen LogP contribution >= 0.6 is 0 Å². The molecule has 3 aliphatic rings. The van der Waals surface area contributed by atoms with Gasteiger partial charge in [-0.1, -0.05) is 36.4 Å². The molecule has 4 nitrogen and oxygen atoms in total. The molecule has 1 atom stereocenters. The number of anilines is 1. The van der Waals surface area contributed by atoms with Crippen LogP contribution in [0.15, 0.2) is 60.7 Å². The molecule has 0 amide bonds. The molecule has 2 saturated heterocycles. The molecule has 0 saturated carbocycles. The van der Waals surface area contributed by atoms with Crippen LogP contribution in [0, 0.1) is 17.0 Å². The molecule has 3 aromatic carbocycles. The van der Waals surface area contributed by atoms with Crippen molar-refractivity contribution in [1.29, 1.82) is 0 Å². The summed E-state index contributed by atoms with van der Waals surface area (Å²) in [5.74, 6) is -0.421. The maximum atomic E-state index is 16.2. The van der Waals surface area contributed by atoms with E-state index in [1.54, 1.807) is 0 Å². The SMILES string of the molecule is CC(C)(F)CN1CCc2cc(OCc3ccccc3)ccc2C1c1c(F)cc(N2CCCC3(CCCNCC3)CCC2)cc1F. The monoisotopic (exact) mass is 619 g/mol. The maximum absolute atomic E-state index is 16.2. The Hall–Kier alpha value is -3.03. The first kappa shape index (κ1) is 31.9. The Morgan fingerprint density at radius 1 is 0.867 bits per heavy atom. The average molecular weight is 620 g/mol. The minimum Gasteiger partial charge on any atom is -0.489 e. The molecule has 6 rings (SSSR count). The van der Waals surface area contributed by atoms with E-state index in [0.29, 0.717) is 36.4 Å². The summed E-state index contributed by atoms with van der Waals surface area (Å²) in [4.78, 5) is 4.05. The first-order chi connectivity index (χ1) is 21.7. The van der Waals surface area contributed by atoms with E-state index in [-0.39, 0.29) is 12.1 Å². The zero-order valence-corrected chi connectivity index (χ0v) is 26.9. The number of ether oxygens (including phenoxy) is 1. The Morgan fingerprint density at radius 2 is 1.58 bits per heavy atom. The van der Waals surface area contributed by atoms with Crippen LogP contribution in [0.3, 0.4) is 0 Å². The number of nitrogens with one attached hydrogen (secondary N) is 1.